The Bertz CT molecular complexity index is 809. The Balaban J connectivity index is 1.74. The van der Waals surface area contributed by atoms with E-state index in [4.69, 9.17) is 16.3 Å². The molecule has 0 saturated carbocycles. The Morgan fingerprint density at radius 1 is 1.27 bits per heavy atom. The molecule has 136 valence electrons. The molecular weight excluding hydrogens is 352 g/mol. The van der Waals surface area contributed by atoms with Crippen molar-refractivity contribution in [1.82, 2.24) is 10.2 Å². The standard InChI is InChI=1S/C20H21ClN2O3/c1-26-17-7-2-4-14(12-17)8-9-18(24)23-11-10-22-20(25)19(23)15-5-3-6-16(21)13-15/h2-7,12-13,19H,8-11H2,1H3,(H,22,25). The molecule has 0 aromatic heterocycles. The molecule has 1 aliphatic heterocycles. The number of carbonyl (C=O) groups is 2. The molecule has 0 bridgehead atoms. The lowest BCUT2D eigenvalue weighted by atomic mass is 10.0. The lowest BCUT2D eigenvalue weighted by Crippen LogP contribution is -2.52. The van der Waals surface area contributed by atoms with Crippen molar-refractivity contribution in [3.05, 3.63) is 64.7 Å². The number of amides is 2. The van der Waals surface area contributed by atoms with Crippen LogP contribution in [0.1, 0.15) is 23.6 Å². The van der Waals surface area contributed by atoms with E-state index in [9.17, 15) is 9.59 Å². The van der Waals surface area contributed by atoms with Crippen LogP contribution >= 0.6 is 11.6 Å². The van der Waals surface area contributed by atoms with E-state index in [1.807, 2.05) is 30.3 Å². The first-order valence-electron chi connectivity index (χ1n) is 8.54. The molecule has 1 atom stereocenters. The second-order valence-electron chi connectivity index (χ2n) is 6.19. The number of hydrogen-bond acceptors (Lipinski definition) is 3. The first kappa shape index (κ1) is 18.3. The molecular formula is C20H21ClN2O3. The maximum atomic E-state index is 12.8. The summed E-state index contributed by atoms with van der Waals surface area (Å²) in [5.74, 6) is 0.546. The van der Waals surface area contributed by atoms with E-state index in [2.05, 4.69) is 5.32 Å². The summed E-state index contributed by atoms with van der Waals surface area (Å²) in [6.45, 7) is 0.945. The van der Waals surface area contributed by atoms with Gasteiger partial charge < -0.3 is 15.0 Å². The van der Waals surface area contributed by atoms with Crippen LogP contribution < -0.4 is 10.1 Å². The molecule has 2 aromatic rings. The number of benzene rings is 2. The molecule has 1 heterocycles. The van der Waals surface area contributed by atoms with Gasteiger partial charge in [-0.3, -0.25) is 9.59 Å². The minimum Gasteiger partial charge on any atom is -0.497 e. The number of piperazine rings is 1. The maximum absolute atomic E-state index is 12.8. The predicted molar refractivity (Wildman–Crippen MR) is 100 cm³/mol. The van der Waals surface area contributed by atoms with Gasteiger partial charge in [-0.05, 0) is 41.8 Å². The van der Waals surface area contributed by atoms with Crippen molar-refractivity contribution in [3.8, 4) is 5.75 Å². The van der Waals surface area contributed by atoms with Gasteiger partial charge in [-0.15, -0.1) is 0 Å². The van der Waals surface area contributed by atoms with Gasteiger partial charge in [0.2, 0.25) is 11.8 Å². The Labute approximate surface area is 157 Å². The van der Waals surface area contributed by atoms with Crippen molar-refractivity contribution in [2.45, 2.75) is 18.9 Å². The molecule has 1 aliphatic rings. The van der Waals surface area contributed by atoms with Gasteiger partial charge in [-0.1, -0.05) is 35.9 Å². The maximum Gasteiger partial charge on any atom is 0.247 e. The second-order valence-corrected chi connectivity index (χ2v) is 6.62. The van der Waals surface area contributed by atoms with E-state index in [0.717, 1.165) is 16.9 Å². The smallest absolute Gasteiger partial charge is 0.247 e. The summed E-state index contributed by atoms with van der Waals surface area (Å²) in [7, 11) is 1.62. The largest absolute Gasteiger partial charge is 0.497 e. The van der Waals surface area contributed by atoms with Crippen LogP contribution in [0.25, 0.3) is 0 Å². The van der Waals surface area contributed by atoms with Crippen LogP contribution in [0.5, 0.6) is 5.75 Å². The summed E-state index contributed by atoms with van der Waals surface area (Å²) < 4.78 is 5.22. The Morgan fingerprint density at radius 2 is 2.08 bits per heavy atom. The zero-order chi connectivity index (χ0) is 18.5. The highest BCUT2D eigenvalue weighted by atomic mass is 35.5. The zero-order valence-electron chi connectivity index (χ0n) is 14.6. The molecule has 5 nitrogen and oxygen atoms in total. The average Bonchev–Trinajstić information content (AvgIpc) is 2.66. The number of nitrogens with zero attached hydrogens (tertiary/aromatic N) is 1. The van der Waals surface area contributed by atoms with Crippen LogP contribution in [-0.2, 0) is 16.0 Å². The minimum atomic E-state index is -0.639. The normalized spacial score (nSPS) is 16.9. The fraction of sp³-hybridized carbons (Fsp3) is 0.300. The van der Waals surface area contributed by atoms with Crippen molar-refractivity contribution in [2.75, 3.05) is 20.2 Å². The molecule has 3 rings (SSSR count). The summed E-state index contributed by atoms with van der Waals surface area (Å²) >= 11 is 6.06. The summed E-state index contributed by atoms with van der Waals surface area (Å²) in [5.41, 5.74) is 1.75. The summed E-state index contributed by atoms with van der Waals surface area (Å²) in [5, 5.41) is 3.38. The first-order valence-corrected chi connectivity index (χ1v) is 8.92. The van der Waals surface area contributed by atoms with Crippen molar-refractivity contribution in [1.29, 1.82) is 0 Å². The van der Waals surface area contributed by atoms with E-state index in [1.165, 1.54) is 0 Å². The zero-order valence-corrected chi connectivity index (χ0v) is 15.3. The molecule has 0 aliphatic carbocycles. The first-order chi connectivity index (χ1) is 12.6. The summed E-state index contributed by atoms with van der Waals surface area (Å²) in [6.07, 6.45) is 0.925. The van der Waals surface area contributed by atoms with Crippen LogP contribution in [0.3, 0.4) is 0 Å². The van der Waals surface area contributed by atoms with Crippen LogP contribution in [-0.4, -0.2) is 36.9 Å². The fourth-order valence-corrected chi connectivity index (χ4v) is 3.37. The van der Waals surface area contributed by atoms with Crippen molar-refractivity contribution in [2.24, 2.45) is 0 Å². The van der Waals surface area contributed by atoms with Gasteiger partial charge in [0.1, 0.15) is 11.8 Å². The van der Waals surface area contributed by atoms with Gasteiger partial charge >= 0.3 is 0 Å². The SMILES string of the molecule is COc1cccc(CCC(=O)N2CCNC(=O)C2c2cccc(Cl)c2)c1. The van der Waals surface area contributed by atoms with Gasteiger partial charge in [0.15, 0.2) is 0 Å². The third-order valence-electron chi connectivity index (χ3n) is 4.46. The second kappa shape index (κ2) is 8.23. The third kappa shape index (κ3) is 4.17. The Kier molecular flexibility index (Phi) is 5.78. The van der Waals surface area contributed by atoms with Gasteiger partial charge in [0.05, 0.1) is 7.11 Å². The number of rotatable bonds is 5. The lowest BCUT2D eigenvalue weighted by molar-refractivity contribution is -0.143. The average molecular weight is 373 g/mol. The van der Waals surface area contributed by atoms with E-state index in [1.54, 1.807) is 30.2 Å². The van der Waals surface area contributed by atoms with Crippen LogP contribution in [0, 0.1) is 0 Å². The lowest BCUT2D eigenvalue weighted by Gasteiger charge is -2.35. The van der Waals surface area contributed by atoms with Crippen LogP contribution in [0.15, 0.2) is 48.5 Å². The van der Waals surface area contributed by atoms with E-state index >= 15 is 0 Å². The highest BCUT2D eigenvalue weighted by Crippen LogP contribution is 2.26. The van der Waals surface area contributed by atoms with Crippen molar-refractivity contribution < 1.29 is 14.3 Å². The van der Waals surface area contributed by atoms with Crippen molar-refractivity contribution in [3.63, 3.8) is 0 Å². The fourth-order valence-electron chi connectivity index (χ4n) is 3.17. The van der Waals surface area contributed by atoms with Gasteiger partial charge in [0, 0.05) is 24.5 Å². The summed E-state index contributed by atoms with van der Waals surface area (Å²) in [4.78, 5) is 26.9. The predicted octanol–water partition coefficient (Wildman–Crippen LogP) is 2.98. The molecule has 0 radical (unpaired) electrons. The molecule has 1 N–H and O–H groups in total. The van der Waals surface area contributed by atoms with Gasteiger partial charge in [-0.25, -0.2) is 0 Å². The number of aryl methyl sites for hydroxylation is 1. The molecule has 6 heteroatoms. The molecule has 1 unspecified atom stereocenters. The quantitative estimate of drug-likeness (QED) is 0.877. The molecule has 1 saturated heterocycles. The van der Waals surface area contributed by atoms with Crippen LogP contribution in [0.2, 0.25) is 5.02 Å². The number of carbonyl (C=O) groups excluding carboxylic acids is 2. The summed E-state index contributed by atoms with van der Waals surface area (Å²) in [6, 6.07) is 14.1. The molecule has 2 aromatic carbocycles. The Morgan fingerprint density at radius 3 is 2.85 bits per heavy atom. The minimum absolute atomic E-state index is 0.0485. The topological polar surface area (TPSA) is 58.6 Å². The third-order valence-corrected chi connectivity index (χ3v) is 4.69. The van der Waals surface area contributed by atoms with Crippen molar-refractivity contribution >= 4 is 23.4 Å². The highest BCUT2D eigenvalue weighted by Gasteiger charge is 2.34. The van der Waals surface area contributed by atoms with Crippen LogP contribution in [0.4, 0.5) is 0 Å². The van der Waals surface area contributed by atoms with E-state index in [-0.39, 0.29) is 11.8 Å². The number of methoxy groups -OCH3 is 1. The molecule has 0 spiro atoms. The number of hydrogen-bond donors (Lipinski definition) is 1. The number of halogens is 1. The molecule has 2 amide bonds. The highest BCUT2D eigenvalue weighted by molar-refractivity contribution is 6.30. The number of ether oxygens (including phenoxy) is 1. The number of nitrogens with one attached hydrogen (secondary N) is 1. The molecule has 1 fully saturated rings. The van der Waals surface area contributed by atoms with Gasteiger partial charge in [0.25, 0.3) is 0 Å². The monoisotopic (exact) mass is 372 g/mol. The van der Waals surface area contributed by atoms with E-state index in [0.29, 0.717) is 31.0 Å². The Hall–Kier alpha value is -2.53. The van der Waals surface area contributed by atoms with Gasteiger partial charge in [-0.2, -0.15) is 0 Å². The van der Waals surface area contributed by atoms with E-state index < -0.39 is 6.04 Å². The molecule has 26 heavy (non-hydrogen) atoms.